The molecule has 1 unspecified atom stereocenters. The van der Waals surface area contributed by atoms with Gasteiger partial charge in [0.1, 0.15) is 28.7 Å². The maximum Gasteiger partial charge on any atom is 0.372 e. The Labute approximate surface area is 475 Å². The monoisotopic (exact) mass is 1140 g/mol. The van der Waals surface area contributed by atoms with Crippen molar-refractivity contribution in [2.24, 2.45) is 34.7 Å². The second kappa shape index (κ2) is 28.4. The van der Waals surface area contributed by atoms with Gasteiger partial charge in [-0.3, -0.25) is 0 Å². The van der Waals surface area contributed by atoms with Gasteiger partial charge in [-0.2, -0.15) is 0 Å². The smallest absolute Gasteiger partial charge is 0.372 e. The molecule has 9 rings (SSSR count). The van der Waals surface area contributed by atoms with Crippen LogP contribution in [0.1, 0.15) is 38.9 Å². The summed E-state index contributed by atoms with van der Waals surface area (Å²) in [4.78, 5) is 0. The number of hydrogen-bond donors (Lipinski definition) is 6. The van der Waals surface area contributed by atoms with Gasteiger partial charge in [-0.1, -0.05) is 127 Å². The first-order valence-electron chi connectivity index (χ1n) is 25.1. The van der Waals surface area contributed by atoms with Crippen LogP contribution >= 0.6 is 36.0 Å². The van der Waals surface area contributed by atoms with E-state index in [1.807, 2.05) is 217 Å². The first kappa shape index (κ1) is 56.3. The van der Waals surface area contributed by atoms with Crippen molar-refractivity contribution in [1.82, 2.24) is 30.0 Å². The van der Waals surface area contributed by atoms with Gasteiger partial charge in [-0.05, 0) is 136 Å². The van der Waals surface area contributed by atoms with Crippen LogP contribution in [-0.2, 0) is 26.2 Å². The maximum atomic E-state index is 6.67. The summed E-state index contributed by atoms with van der Waals surface area (Å²) in [7, 11) is -0.886. The molecule has 0 aliphatic carbocycles. The molecule has 0 spiro atoms. The highest BCUT2D eigenvalue weighted by atomic mass is 33.5. The van der Waals surface area contributed by atoms with Gasteiger partial charge in [0.25, 0.3) is 0 Å². The average Bonchev–Trinajstić information content (AvgIpc) is 3.98. The second-order valence-corrected chi connectivity index (χ2v) is 25.4. The largest absolute Gasteiger partial charge is 0.430 e. The van der Waals surface area contributed by atoms with E-state index < -0.39 is 15.2 Å². The van der Waals surface area contributed by atoms with Crippen LogP contribution in [0.15, 0.2) is 243 Å². The van der Waals surface area contributed by atoms with E-state index in [0.717, 1.165) is 50.2 Å². The minimum atomic E-state index is -1.79. The summed E-state index contributed by atoms with van der Waals surface area (Å²) in [5.74, 6) is 21.2. The third-order valence-electron chi connectivity index (χ3n) is 11.9. The van der Waals surface area contributed by atoms with E-state index in [2.05, 4.69) is 22.4 Å². The molecule has 0 aliphatic rings. The van der Waals surface area contributed by atoms with Crippen molar-refractivity contribution < 1.29 is 18.1 Å². The number of benzene rings is 8. The highest BCUT2D eigenvalue weighted by Gasteiger charge is 2.26. The molecule has 0 amide bonds. The van der Waals surface area contributed by atoms with Crippen LogP contribution in [0.4, 0.5) is 0 Å². The molecule has 9 aromatic rings. The van der Waals surface area contributed by atoms with Crippen molar-refractivity contribution in [3.05, 3.63) is 282 Å². The van der Waals surface area contributed by atoms with Crippen molar-refractivity contribution in [2.75, 3.05) is 0 Å². The molecule has 406 valence electrons. The van der Waals surface area contributed by atoms with E-state index in [-0.39, 0.29) is 0 Å². The standard InChI is InChI=1S/C60H60N12O4P2S2/c61-57(41-69(64)37-45-13-5-1-6-14-45)49-21-29-53(30-22-49)73-77(74-54-31-23-50(24-32-54)58(62)42-70(65)38-46-15-7-2-8-16-46)79-80-78(75-55-33-25-51(26-34-55)59(63)43-71(66)39-47-17-9-3-10-18-47)76-56-35-27-52(28-36-56)60-44-72(68-67-60)40-48-19-11-4-12-20-48/h1-36,41-44H,37-40,61-66H2/b57-41-,58-42-,59-43-. The number of nitrogens with two attached hydrogens (primary N) is 6. The molecule has 16 nitrogen and oxygen atoms in total. The first-order valence-corrected chi connectivity index (χ1v) is 30.9. The van der Waals surface area contributed by atoms with Gasteiger partial charge < -0.3 is 50.3 Å². The lowest BCUT2D eigenvalue weighted by atomic mass is 10.1. The summed E-state index contributed by atoms with van der Waals surface area (Å²) in [6.45, 7) is 2.08. The predicted octanol–water partition coefficient (Wildman–Crippen LogP) is 12.3. The Hall–Kier alpha value is -8.44. The van der Waals surface area contributed by atoms with E-state index >= 15 is 0 Å². The molecule has 1 aromatic heterocycles. The third kappa shape index (κ3) is 17.3. The quantitative estimate of drug-likeness (QED) is 0.0128. The van der Waals surface area contributed by atoms with Gasteiger partial charge in [0, 0.05) is 45.0 Å². The molecular weight excluding hydrogens is 1080 g/mol. The van der Waals surface area contributed by atoms with Crippen molar-refractivity contribution in [3.63, 3.8) is 0 Å². The average molecular weight is 1140 g/mol. The highest BCUT2D eigenvalue weighted by Crippen LogP contribution is 2.68. The summed E-state index contributed by atoms with van der Waals surface area (Å²) >= 11 is 0. The lowest BCUT2D eigenvalue weighted by molar-refractivity contribution is 0.388. The number of rotatable bonds is 26. The minimum absolute atomic E-state index is 0.489. The Morgan fingerprint density at radius 3 is 1.04 bits per heavy atom. The normalized spacial score (nSPS) is 12.5. The second-order valence-electron chi connectivity index (χ2n) is 18.1. The highest BCUT2D eigenvalue weighted by molar-refractivity contribution is 9.11. The van der Waals surface area contributed by atoms with Crippen LogP contribution in [0.25, 0.3) is 28.3 Å². The zero-order valence-electron chi connectivity index (χ0n) is 43.4. The van der Waals surface area contributed by atoms with Gasteiger partial charge in [0.05, 0.1) is 49.5 Å². The molecular formula is C60H60N12O4P2S2. The summed E-state index contributed by atoms with van der Waals surface area (Å²) in [6.07, 6.45) is 7.05. The molecule has 0 aliphatic heterocycles. The fourth-order valence-corrected chi connectivity index (χ4v) is 16.1. The lowest BCUT2D eigenvalue weighted by Gasteiger charge is -2.21. The number of aromatic nitrogens is 3. The van der Waals surface area contributed by atoms with Crippen LogP contribution in [0.2, 0.25) is 0 Å². The molecule has 20 heteroatoms. The third-order valence-corrected chi connectivity index (χ3v) is 20.0. The van der Waals surface area contributed by atoms with Crippen LogP contribution in [0.5, 0.6) is 23.0 Å². The van der Waals surface area contributed by atoms with Crippen molar-refractivity contribution in [3.8, 4) is 34.3 Å². The number of nitrogens with zero attached hydrogens (tertiary/aromatic N) is 6. The molecule has 0 saturated heterocycles. The van der Waals surface area contributed by atoms with Crippen LogP contribution in [0, 0.1) is 0 Å². The summed E-state index contributed by atoms with van der Waals surface area (Å²) in [6, 6.07) is 69.8. The van der Waals surface area contributed by atoms with Gasteiger partial charge in [-0.25, -0.2) is 22.2 Å². The van der Waals surface area contributed by atoms with E-state index in [4.69, 9.17) is 52.8 Å². The zero-order chi connectivity index (χ0) is 55.5. The first-order chi connectivity index (χ1) is 39.0. The molecule has 8 aromatic carbocycles. The molecule has 1 atom stereocenters. The Kier molecular flexibility index (Phi) is 20.0. The minimum Gasteiger partial charge on any atom is -0.430 e. The number of hydrazine groups is 3. The fraction of sp³-hybridized carbons (Fsp3) is 0.0667. The topological polar surface area (TPSA) is 233 Å². The van der Waals surface area contributed by atoms with E-state index in [0.29, 0.717) is 66.3 Å². The van der Waals surface area contributed by atoms with Gasteiger partial charge in [0.15, 0.2) is 0 Å². The summed E-state index contributed by atoms with van der Waals surface area (Å²) in [5.41, 5.74) is 29.3. The van der Waals surface area contributed by atoms with Gasteiger partial charge in [-0.15, -0.1) is 5.10 Å². The van der Waals surface area contributed by atoms with Crippen LogP contribution in [0.3, 0.4) is 0 Å². The number of hydrogen-bond acceptors (Lipinski definition) is 17. The van der Waals surface area contributed by atoms with Crippen LogP contribution in [-0.4, -0.2) is 30.0 Å². The molecule has 0 bridgehead atoms. The SMILES string of the molecule is N/C(=C\N(N)Cc1ccccc1)c1ccc(OP(Oc2ccc(/C(N)=C/N(N)Cc3ccccc3)cc2)SSP(Oc2ccc(/C(N)=C/N(N)Cc3ccccc3)cc2)Oc2ccc(-c3cn(Cc4ccccc4)nn3)cc2)cc1. The maximum absolute atomic E-state index is 6.67. The van der Waals surface area contributed by atoms with E-state index in [9.17, 15) is 0 Å². The summed E-state index contributed by atoms with van der Waals surface area (Å²) in [5, 5.41) is 13.5. The molecule has 80 heavy (non-hydrogen) atoms. The van der Waals surface area contributed by atoms with Crippen molar-refractivity contribution >= 4 is 53.1 Å². The molecule has 0 radical (unpaired) electrons. The Bertz CT molecular complexity index is 3320. The van der Waals surface area contributed by atoms with E-state index in [1.165, 1.54) is 20.8 Å². The van der Waals surface area contributed by atoms with Gasteiger partial charge in [0.2, 0.25) is 0 Å². The fourth-order valence-electron chi connectivity index (χ4n) is 7.87. The predicted molar refractivity (Wildman–Crippen MR) is 327 cm³/mol. The Balaban J connectivity index is 0.938. The Morgan fingerprint density at radius 2 is 0.713 bits per heavy atom. The molecule has 0 saturated carbocycles. The van der Waals surface area contributed by atoms with Crippen LogP contribution < -0.4 is 52.8 Å². The molecule has 1 heterocycles. The zero-order valence-corrected chi connectivity index (χ0v) is 46.8. The van der Waals surface area contributed by atoms with Crippen molar-refractivity contribution in [2.45, 2.75) is 26.2 Å². The summed E-state index contributed by atoms with van der Waals surface area (Å²) < 4.78 is 28.4. The van der Waals surface area contributed by atoms with Gasteiger partial charge >= 0.3 is 15.2 Å². The Morgan fingerprint density at radius 1 is 0.412 bits per heavy atom. The molecule has 12 N–H and O–H groups in total. The lowest BCUT2D eigenvalue weighted by Crippen LogP contribution is -2.25. The van der Waals surface area contributed by atoms with E-state index in [1.54, 1.807) is 33.6 Å². The molecule has 0 fully saturated rings. The van der Waals surface area contributed by atoms with Crippen molar-refractivity contribution in [1.29, 1.82) is 0 Å².